The zero-order valence-corrected chi connectivity index (χ0v) is 18.9. The van der Waals surface area contributed by atoms with E-state index in [-0.39, 0.29) is 18.0 Å². The smallest absolute Gasteiger partial charge is 0.330 e. The molecule has 1 aliphatic carbocycles. The van der Waals surface area contributed by atoms with Crippen LogP contribution in [0.1, 0.15) is 57.8 Å². The summed E-state index contributed by atoms with van der Waals surface area (Å²) < 4.78 is 5.98. The van der Waals surface area contributed by atoms with Crippen LogP contribution in [0.25, 0.3) is 0 Å². The van der Waals surface area contributed by atoms with Crippen LogP contribution in [0.5, 0.6) is 5.75 Å². The number of hydrogen-bond donors (Lipinski definition) is 2. The number of non-ortho nitro benzene ring substituents is 1. The van der Waals surface area contributed by atoms with Crippen molar-refractivity contribution in [2.24, 2.45) is 5.92 Å². The van der Waals surface area contributed by atoms with E-state index in [9.17, 15) is 29.6 Å². The van der Waals surface area contributed by atoms with E-state index in [0.717, 1.165) is 32.1 Å². The molecular formula is C24H29N3O7. The molecule has 3 aliphatic rings. The van der Waals surface area contributed by atoms with Crippen molar-refractivity contribution < 1.29 is 29.2 Å². The molecule has 1 saturated carbocycles. The van der Waals surface area contributed by atoms with E-state index in [1.165, 1.54) is 24.3 Å². The molecular weight excluding hydrogens is 442 g/mol. The van der Waals surface area contributed by atoms with E-state index in [4.69, 9.17) is 4.74 Å². The molecule has 2 heterocycles. The average Bonchev–Trinajstić information content (AvgIpc) is 3.26. The predicted octanol–water partition coefficient (Wildman–Crippen LogP) is 3.16. The van der Waals surface area contributed by atoms with Crippen molar-refractivity contribution in [2.75, 3.05) is 6.54 Å². The summed E-state index contributed by atoms with van der Waals surface area (Å²) in [6.45, 7) is 0.521. The number of aliphatic carboxylic acids is 1. The molecule has 0 bridgehead atoms. The Morgan fingerprint density at radius 1 is 1.12 bits per heavy atom. The second-order valence-corrected chi connectivity index (χ2v) is 9.22. The molecule has 182 valence electrons. The van der Waals surface area contributed by atoms with Gasteiger partial charge in [-0.25, -0.2) is 4.79 Å². The summed E-state index contributed by atoms with van der Waals surface area (Å²) >= 11 is 0. The number of allylic oxidation sites excluding steroid dienone is 1. The number of carboxylic acids is 1. The van der Waals surface area contributed by atoms with Crippen molar-refractivity contribution in [1.29, 1.82) is 0 Å². The van der Waals surface area contributed by atoms with Crippen LogP contribution in [0, 0.1) is 16.0 Å². The maximum Gasteiger partial charge on any atom is 0.330 e. The standard InChI is InChI=1S/C24H29N3O7/c28-21-8-4-2-1-3-6-19(34-18-11-9-17(10-12-18)27(32)33)14-16-15-24(16,23(30)31)25-22(29)20-7-5-13-26(20)21/h9-12,14,16,20H,1-8,13,15H2,(H,25,29)(H,30,31). The predicted molar refractivity (Wildman–Crippen MR) is 121 cm³/mol. The van der Waals surface area contributed by atoms with Gasteiger partial charge in [0.15, 0.2) is 0 Å². The Bertz CT molecular complexity index is 1010. The summed E-state index contributed by atoms with van der Waals surface area (Å²) in [5.74, 6) is -1.03. The molecule has 4 rings (SSSR count). The zero-order valence-electron chi connectivity index (χ0n) is 18.9. The molecule has 34 heavy (non-hydrogen) atoms. The topological polar surface area (TPSA) is 139 Å². The van der Waals surface area contributed by atoms with Crippen LogP contribution < -0.4 is 10.1 Å². The minimum absolute atomic E-state index is 0.0475. The van der Waals surface area contributed by atoms with Crippen molar-refractivity contribution in [3.63, 3.8) is 0 Å². The summed E-state index contributed by atoms with van der Waals surface area (Å²) in [4.78, 5) is 49.8. The molecule has 3 unspecified atom stereocenters. The average molecular weight is 472 g/mol. The van der Waals surface area contributed by atoms with Crippen LogP contribution in [0.4, 0.5) is 5.69 Å². The van der Waals surface area contributed by atoms with Gasteiger partial charge in [0.25, 0.3) is 5.69 Å². The number of nitro groups is 1. The van der Waals surface area contributed by atoms with Gasteiger partial charge >= 0.3 is 5.97 Å². The number of rotatable bonds is 4. The Morgan fingerprint density at radius 3 is 2.50 bits per heavy atom. The first-order valence-electron chi connectivity index (χ1n) is 11.8. The quantitative estimate of drug-likeness (QED) is 0.508. The molecule has 1 aromatic rings. The highest BCUT2D eigenvalue weighted by molar-refractivity contribution is 5.94. The molecule has 2 N–H and O–H groups in total. The van der Waals surface area contributed by atoms with Gasteiger partial charge in [0.2, 0.25) is 11.8 Å². The van der Waals surface area contributed by atoms with E-state index in [2.05, 4.69) is 5.32 Å². The van der Waals surface area contributed by atoms with Crippen LogP contribution in [0.3, 0.4) is 0 Å². The van der Waals surface area contributed by atoms with Gasteiger partial charge in [-0.05, 0) is 50.3 Å². The molecule has 1 saturated heterocycles. The van der Waals surface area contributed by atoms with Crippen molar-refractivity contribution in [2.45, 2.75) is 69.4 Å². The normalized spacial score (nSPS) is 27.9. The van der Waals surface area contributed by atoms with Crippen molar-refractivity contribution in [3.05, 3.63) is 46.2 Å². The van der Waals surface area contributed by atoms with E-state index >= 15 is 0 Å². The van der Waals surface area contributed by atoms with Crippen molar-refractivity contribution >= 4 is 23.5 Å². The summed E-state index contributed by atoms with van der Waals surface area (Å²) in [5, 5.41) is 23.6. The number of nitrogens with zero attached hydrogens (tertiary/aromatic N) is 2. The molecule has 3 atom stereocenters. The lowest BCUT2D eigenvalue weighted by atomic mass is 10.1. The van der Waals surface area contributed by atoms with Crippen LogP contribution in [0.15, 0.2) is 36.1 Å². The fraction of sp³-hybridized carbons (Fsp3) is 0.542. The highest BCUT2D eigenvalue weighted by Gasteiger charge is 2.61. The Hall–Kier alpha value is -3.43. The molecule has 1 aromatic carbocycles. The van der Waals surface area contributed by atoms with Crippen molar-refractivity contribution in [1.82, 2.24) is 10.2 Å². The highest BCUT2D eigenvalue weighted by Crippen LogP contribution is 2.46. The summed E-state index contributed by atoms with van der Waals surface area (Å²) in [6, 6.07) is 5.09. The number of ether oxygens (including phenoxy) is 1. The number of nitro benzene ring substituents is 1. The third-order valence-electron chi connectivity index (χ3n) is 6.87. The summed E-state index contributed by atoms with van der Waals surface area (Å²) in [5.41, 5.74) is -1.47. The Kier molecular flexibility index (Phi) is 6.85. The Labute approximate surface area is 197 Å². The number of fused-ring (bicyclic) bond motifs is 2. The van der Waals surface area contributed by atoms with E-state index in [1.807, 2.05) is 0 Å². The van der Waals surface area contributed by atoms with E-state index in [0.29, 0.717) is 37.3 Å². The van der Waals surface area contributed by atoms with Gasteiger partial charge in [0, 0.05) is 37.4 Å². The van der Waals surface area contributed by atoms with Gasteiger partial charge in [0.1, 0.15) is 23.1 Å². The SMILES string of the molecule is O=C1NC2(C(=O)O)CC2C=C(Oc2ccc([N+](=O)[O-])cc2)CCCCCCC(=O)N2CCCC12. The number of carbonyl (C=O) groups excluding carboxylic acids is 2. The second-order valence-electron chi connectivity index (χ2n) is 9.22. The minimum Gasteiger partial charge on any atom is -0.479 e. The van der Waals surface area contributed by atoms with Gasteiger partial charge < -0.3 is 20.1 Å². The first-order chi connectivity index (χ1) is 16.3. The highest BCUT2D eigenvalue weighted by atomic mass is 16.6. The van der Waals surface area contributed by atoms with Gasteiger partial charge in [0.05, 0.1) is 4.92 Å². The van der Waals surface area contributed by atoms with Gasteiger partial charge in [-0.3, -0.25) is 19.7 Å². The monoisotopic (exact) mass is 471 g/mol. The Balaban J connectivity index is 1.56. The van der Waals surface area contributed by atoms with E-state index in [1.54, 1.807) is 11.0 Å². The molecule has 0 aromatic heterocycles. The molecule has 2 aliphatic heterocycles. The summed E-state index contributed by atoms with van der Waals surface area (Å²) in [6.07, 6.45) is 7.44. The number of nitrogens with one attached hydrogen (secondary N) is 1. The second kappa shape index (κ2) is 9.82. The number of amides is 2. The third kappa shape index (κ3) is 5.05. The fourth-order valence-electron chi connectivity index (χ4n) is 4.83. The van der Waals surface area contributed by atoms with Gasteiger partial charge in [-0.1, -0.05) is 12.8 Å². The van der Waals surface area contributed by atoms with Crippen molar-refractivity contribution in [3.8, 4) is 5.75 Å². The lowest BCUT2D eigenvalue weighted by Crippen LogP contribution is -2.53. The molecule has 2 fully saturated rings. The van der Waals surface area contributed by atoms with Crippen LogP contribution in [-0.2, 0) is 14.4 Å². The van der Waals surface area contributed by atoms with Gasteiger partial charge in [-0.15, -0.1) is 0 Å². The lowest BCUT2D eigenvalue weighted by molar-refractivity contribution is -0.384. The largest absolute Gasteiger partial charge is 0.479 e. The first-order valence-corrected chi connectivity index (χ1v) is 11.8. The number of carboxylic acid groups (broad SMARTS) is 1. The minimum atomic E-state index is -1.42. The van der Waals surface area contributed by atoms with Crippen LogP contribution in [-0.4, -0.2) is 50.8 Å². The molecule has 10 nitrogen and oxygen atoms in total. The van der Waals surface area contributed by atoms with Crippen LogP contribution in [0.2, 0.25) is 0 Å². The molecule has 0 radical (unpaired) electrons. The number of benzene rings is 1. The zero-order chi connectivity index (χ0) is 24.3. The summed E-state index contributed by atoms with van der Waals surface area (Å²) in [7, 11) is 0. The third-order valence-corrected chi connectivity index (χ3v) is 6.87. The maximum atomic E-state index is 13.0. The molecule has 2 amide bonds. The fourth-order valence-corrected chi connectivity index (χ4v) is 4.83. The first kappa shape index (κ1) is 23.7. The number of carbonyl (C=O) groups is 3. The van der Waals surface area contributed by atoms with Gasteiger partial charge in [-0.2, -0.15) is 0 Å². The Morgan fingerprint density at radius 2 is 1.82 bits per heavy atom. The van der Waals surface area contributed by atoms with Crippen LogP contribution >= 0.6 is 0 Å². The molecule has 10 heteroatoms. The van der Waals surface area contributed by atoms with E-state index < -0.39 is 34.3 Å². The molecule has 0 spiro atoms. The maximum absolute atomic E-state index is 13.0. The number of hydrogen-bond acceptors (Lipinski definition) is 6. The lowest BCUT2D eigenvalue weighted by Gasteiger charge is -2.26.